The summed E-state index contributed by atoms with van der Waals surface area (Å²) in [7, 11) is 0. The summed E-state index contributed by atoms with van der Waals surface area (Å²) in [6, 6.07) is 13.1. The fraction of sp³-hybridized carbons (Fsp3) is 0.312. The zero-order valence-corrected chi connectivity index (χ0v) is 13.7. The van der Waals surface area contributed by atoms with Crippen LogP contribution >= 0.6 is 23.7 Å². The number of benzene rings is 1. The Labute approximate surface area is 136 Å². The van der Waals surface area contributed by atoms with Gasteiger partial charge in [0.15, 0.2) is 0 Å². The average molecular weight is 325 g/mol. The first-order valence-corrected chi connectivity index (χ1v) is 7.72. The van der Waals surface area contributed by atoms with Crippen molar-refractivity contribution in [2.75, 3.05) is 13.1 Å². The molecule has 0 aliphatic carbocycles. The Hall–Kier alpha value is -1.36. The smallest absolute Gasteiger partial charge is 0.244 e. The van der Waals surface area contributed by atoms with Gasteiger partial charge in [-0.05, 0) is 30.4 Å². The molecule has 0 saturated carbocycles. The number of likely N-dealkylation sites (N-methyl/N-ethyl adjacent to an activating group) is 1. The summed E-state index contributed by atoms with van der Waals surface area (Å²) in [5.74, 6) is -0.00439. The van der Waals surface area contributed by atoms with Gasteiger partial charge in [0.05, 0.1) is 0 Å². The Morgan fingerprint density at radius 3 is 2.52 bits per heavy atom. The second-order valence-corrected chi connectivity index (χ2v) is 5.67. The van der Waals surface area contributed by atoms with Crippen LogP contribution in [0.15, 0.2) is 47.8 Å². The largest absolute Gasteiger partial charge is 0.341 e. The van der Waals surface area contributed by atoms with Gasteiger partial charge in [-0.25, -0.2) is 0 Å². The molecule has 1 atom stereocenters. The molecule has 0 spiro atoms. The number of hydrogen-bond acceptors (Lipinski definition) is 3. The topological polar surface area (TPSA) is 46.3 Å². The monoisotopic (exact) mass is 324 g/mol. The Kier molecular flexibility index (Phi) is 7.43. The molecule has 0 fully saturated rings. The molecular formula is C16H21ClN2OS. The second-order valence-electron chi connectivity index (χ2n) is 4.64. The number of hydrogen-bond donors (Lipinski definition) is 1. The van der Waals surface area contributed by atoms with Crippen molar-refractivity contribution in [3.63, 3.8) is 0 Å². The van der Waals surface area contributed by atoms with Crippen LogP contribution in [-0.4, -0.2) is 23.9 Å². The summed E-state index contributed by atoms with van der Waals surface area (Å²) < 4.78 is 0. The number of rotatable bonds is 6. The molecule has 1 amide bonds. The van der Waals surface area contributed by atoms with Crippen LogP contribution in [0.3, 0.4) is 0 Å². The summed E-state index contributed by atoms with van der Waals surface area (Å²) >= 11 is 1.72. The van der Waals surface area contributed by atoms with E-state index in [0.717, 1.165) is 18.5 Å². The summed E-state index contributed by atoms with van der Waals surface area (Å²) in [6.07, 6.45) is 0.888. The van der Waals surface area contributed by atoms with Crippen LogP contribution < -0.4 is 5.73 Å². The van der Waals surface area contributed by atoms with Gasteiger partial charge in [0, 0.05) is 18.0 Å². The van der Waals surface area contributed by atoms with Crippen LogP contribution in [-0.2, 0) is 11.2 Å². The maximum atomic E-state index is 12.4. The number of carbonyl (C=O) groups excluding carboxylic acids is 1. The molecule has 2 rings (SSSR count). The Morgan fingerprint density at radius 1 is 1.24 bits per heavy atom. The molecule has 1 heterocycles. The summed E-state index contributed by atoms with van der Waals surface area (Å²) in [5, 5.41) is 2.06. The summed E-state index contributed by atoms with van der Waals surface area (Å²) in [4.78, 5) is 15.6. The molecule has 0 saturated heterocycles. The molecule has 0 radical (unpaired) electrons. The first kappa shape index (κ1) is 17.7. The van der Waals surface area contributed by atoms with Crippen molar-refractivity contribution >= 4 is 29.7 Å². The Balaban J connectivity index is 0.00000220. The summed E-state index contributed by atoms with van der Waals surface area (Å²) in [6.45, 7) is 3.39. The van der Waals surface area contributed by atoms with Crippen LogP contribution in [0, 0.1) is 0 Å². The normalized spacial score (nSPS) is 11.5. The lowest BCUT2D eigenvalue weighted by atomic mass is 10.1. The molecule has 0 aliphatic rings. The molecule has 2 aromatic rings. The van der Waals surface area contributed by atoms with Gasteiger partial charge in [-0.15, -0.1) is 23.7 Å². The molecule has 0 bridgehead atoms. The number of nitrogens with zero attached hydrogens (tertiary/aromatic N) is 1. The van der Waals surface area contributed by atoms with Crippen LogP contribution in [0.25, 0.3) is 0 Å². The van der Waals surface area contributed by atoms with Gasteiger partial charge in [0.1, 0.15) is 6.04 Å². The first-order valence-electron chi connectivity index (χ1n) is 6.84. The van der Waals surface area contributed by atoms with Gasteiger partial charge in [-0.2, -0.15) is 0 Å². The molecule has 5 heteroatoms. The molecule has 3 nitrogen and oxygen atoms in total. The van der Waals surface area contributed by atoms with Gasteiger partial charge >= 0.3 is 0 Å². The highest BCUT2D eigenvalue weighted by Gasteiger charge is 2.21. The van der Waals surface area contributed by atoms with E-state index < -0.39 is 6.04 Å². The van der Waals surface area contributed by atoms with Gasteiger partial charge in [0.2, 0.25) is 5.91 Å². The van der Waals surface area contributed by atoms with E-state index in [1.807, 2.05) is 48.2 Å². The third-order valence-electron chi connectivity index (χ3n) is 3.33. The summed E-state index contributed by atoms with van der Waals surface area (Å²) in [5.41, 5.74) is 6.94. The average Bonchev–Trinajstić information content (AvgIpc) is 3.01. The van der Waals surface area contributed by atoms with E-state index in [9.17, 15) is 4.79 Å². The van der Waals surface area contributed by atoms with Crippen molar-refractivity contribution in [2.45, 2.75) is 19.4 Å². The van der Waals surface area contributed by atoms with E-state index in [2.05, 4.69) is 11.4 Å². The van der Waals surface area contributed by atoms with E-state index in [-0.39, 0.29) is 18.3 Å². The lowest BCUT2D eigenvalue weighted by Gasteiger charge is -2.24. The van der Waals surface area contributed by atoms with Crippen LogP contribution in [0.5, 0.6) is 0 Å². The number of carbonyl (C=O) groups is 1. The van der Waals surface area contributed by atoms with E-state index in [4.69, 9.17) is 5.73 Å². The molecular weight excluding hydrogens is 304 g/mol. The quantitative estimate of drug-likeness (QED) is 0.886. The van der Waals surface area contributed by atoms with Gasteiger partial charge < -0.3 is 10.6 Å². The zero-order chi connectivity index (χ0) is 14.4. The molecule has 1 aromatic heterocycles. The van der Waals surface area contributed by atoms with Crippen molar-refractivity contribution in [3.05, 3.63) is 58.3 Å². The number of nitrogens with two attached hydrogens (primary N) is 1. The lowest BCUT2D eigenvalue weighted by molar-refractivity contribution is -0.132. The fourth-order valence-electron chi connectivity index (χ4n) is 2.12. The van der Waals surface area contributed by atoms with E-state index in [1.54, 1.807) is 11.3 Å². The zero-order valence-electron chi connectivity index (χ0n) is 12.1. The maximum absolute atomic E-state index is 12.4. The van der Waals surface area contributed by atoms with Gasteiger partial charge in [0.25, 0.3) is 0 Å². The van der Waals surface area contributed by atoms with Gasteiger partial charge in [-0.1, -0.05) is 36.4 Å². The Morgan fingerprint density at radius 2 is 1.95 bits per heavy atom. The molecule has 0 aliphatic heterocycles. The van der Waals surface area contributed by atoms with Crippen molar-refractivity contribution < 1.29 is 4.79 Å². The predicted molar refractivity (Wildman–Crippen MR) is 90.9 cm³/mol. The van der Waals surface area contributed by atoms with E-state index in [0.29, 0.717) is 6.54 Å². The van der Waals surface area contributed by atoms with Crippen LogP contribution in [0.2, 0.25) is 0 Å². The minimum absolute atomic E-state index is 0. The minimum Gasteiger partial charge on any atom is -0.341 e. The molecule has 21 heavy (non-hydrogen) atoms. The Bertz CT molecular complexity index is 530. The highest BCUT2D eigenvalue weighted by atomic mass is 35.5. The number of thiophene rings is 1. The van der Waals surface area contributed by atoms with Crippen LogP contribution in [0.1, 0.15) is 23.4 Å². The molecule has 114 valence electrons. The third kappa shape index (κ3) is 4.84. The van der Waals surface area contributed by atoms with E-state index >= 15 is 0 Å². The fourth-order valence-corrected chi connectivity index (χ4v) is 2.82. The maximum Gasteiger partial charge on any atom is 0.244 e. The molecule has 1 unspecified atom stereocenters. The van der Waals surface area contributed by atoms with E-state index in [1.165, 1.54) is 4.88 Å². The highest BCUT2D eigenvalue weighted by Crippen LogP contribution is 2.14. The third-order valence-corrected chi connectivity index (χ3v) is 4.26. The highest BCUT2D eigenvalue weighted by molar-refractivity contribution is 7.09. The second kappa shape index (κ2) is 8.82. The van der Waals surface area contributed by atoms with Crippen molar-refractivity contribution in [2.24, 2.45) is 5.73 Å². The lowest BCUT2D eigenvalue weighted by Crippen LogP contribution is -2.39. The number of halogens is 1. The predicted octanol–water partition coefficient (Wildman–Crippen LogP) is 3.26. The van der Waals surface area contributed by atoms with Crippen LogP contribution in [0.4, 0.5) is 0 Å². The molecule has 1 aromatic carbocycles. The van der Waals surface area contributed by atoms with Gasteiger partial charge in [-0.3, -0.25) is 4.79 Å². The number of amides is 1. The van der Waals surface area contributed by atoms with Crippen molar-refractivity contribution in [3.8, 4) is 0 Å². The SMILES string of the molecule is CCN(CCc1cccs1)C(=O)C(N)c1ccccc1.Cl. The standard InChI is InChI=1S/C16H20N2OS.ClH/c1-2-18(11-10-14-9-6-12-20-14)16(19)15(17)13-7-4-3-5-8-13;/h3-9,12,15H,2,10-11,17H2,1H3;1H. The molecule has 2 N–H and O–H groups in total. The van der Waals surface area contributed by atoms with Crippen molar-refractivity contribution in [1.82, 2.24) is 4.90 Å². The first-order chi connectivity index (χ1) is 9.72. The van der Waals surface area contributed by atoms with Crippen molar-refractivity contribution in [1.29, 1.82) is 0 Å². The minimum atomic E-state index is -0.570.